The van der Waals surface area contributed by atoms with Crippen LogP contribution in [0, 0.1) is 5.82 Å². The van der Waals surface area contributed by atoms with Crippen LogP contribution in [0.5, 0.6) is 0 Å². The van der Waals surface area contributed by atoms with Crippen molar-refractivity contribution in [2.45, 2.75) is 31.3 Å². The molecule has 0 aliphatic heterocycles. The van der Waals surface area contributed by atoms with E-state index in [9.17, 15) is 9.50 Å². The molecule has 4 rings (SSSR count). The first kappa shape index (κ1) is 13.9. The number of nitrogens with zero attached hydrogens (tertiary/aromatic N) is 2. The van der Waals surface area contributed by atoms with Gasteiger partial charge in [0.1, 0.15) is 11.5 Å². The SMILES string of the molecule is CC1(c2noc(-c3cc4c(Br)cc(F)cc4[nH]3)n2)CC(O)C1. The second-order valence-electron chi connectivity index (χ2n) is 6.08. The molecule has 1 aromatic carbocycles. The lowest BCUT2D eigenvalue weighted by Gasteiger charge is -2.39. The van der Waals surface area contributed by atoms with E-state index < -0.39 is 0 Å². The molecule has 0 atom stereocenters. The Morgan fingerprint density at radius 2 is 2.18 bits per heavy atom. The summed E-state index contributed by atoms with van der Waals surface area (Å²) in [5, 5.41) is 14.4. The highest BCUT2D eigenvalue weighted by atomic mass is 79.9. The molecular formula is C15H13BrFN3O2. The Balaban J connectivity index is 1.74. The van der Waals surface area contributed by atoms with Crippen LogP contribution in [0.25, 0.3) is 22.5 Å². The van der Waals surface area contributed by atoms with Crippen LogP contribution in [-0.2, 0) is 5.41 Å². The standard InChI is InChI=1S/C15H13BrFN3O2/c1-15(5-8(21)6-15)14-19-13(22-20-14)12-4-9-10(16)2-7(17)3-11(9)18-12/h2-4,8,18,21H,5-6H2,1H3. The van der Waals surface area contributed by atoms with Gasteiger partial charge in [-0.2, -0.15) is 4.98 Å². The van der Waals surface area contributed by atoms with Crippen molar-refractivity contribution in [2.75, 3.05) is 0 Å². The number of aromatic nitrogens is 3. The topological polar surface area (TPSA) is 74.9 Å². The number of hydrogen-bond acceptors (Lipinski definition) is 4. The number of aliphatic hydroxyl groups is 1. The normalized spacial score (nSPS) is 24.6. The second-order valence-corrected chi connectivity index (χ2v) is 6.93. The molecule has 7 heteroatoms. The van der Waals surface area contributed by atoms with Gasteiger partial charge in [0.05, 0.1) is 11.6 Å². The maximum atomic E-state index is 13.4. The number of H-pyrrole nitrogens is 1. The van der Waals surface area contributed by atoms with Crippen molar-refractivity contribution >= 4 is 26.8 Å². The lowest BCUT2D eigenvalue weighted by atomic mass is 9.68. The van der Waals surface area contributed by atoms with E-state index in [4.69, 9.17) is 4.52 Å². The summed E-state index contributed by atoms with van der Waals surface area (Å²) in [5.41, 5.74) is 1.07. The highest BCUT2D eigenvalue weighted by Crippen LogP contribution is 2.42. The minimum Gasteiger partial charge on any atom is -0.393 e. The van der Waals surface area contributed by atoms with Gasteiger partial charge in [-0.25, -0.2) is 4.39 Å². The number of aliphatic hydroxyl groups excluding tert-OH is 1. The Labute approximate surface area is 133 Å². The zero-order chi connectivity index (χ0) is 15.5. The molecule has 1 aliphatic carbocycles. The molecule has 1 aliphatic rings. The van der Waals surface area contributed by atoms with E-state index in [1.807, 2.05) is 13.0 Å². The molecule has 1 saturated carbocycles. The maximum absolute atomic E-state index is 13.4. The van der Waals surface area contributed by atoms with Crippen LogP contribution in [0.4, 0.5) is 4.39 Å². The lowest BCUT2D eigenvalue weighted by Crippen LogP contribution is -2.42. The van der Waals surface area contributed by atoms with Crippen molar-refractivity contribution in [3.8, 4) is 11.6 Å². The van der Waals surface area contributed by atoms with Gasteiger partial charge >= 0.3 is 0 Å². The first-order valence-corrected chi connectivity index (χ1v) is 7.74. The van der Waals surface area contributed by atoms with Gasteiger partial charge in [-0.15, -0.1) is 0 Å². The number of hydrogen-bond donors (Lipinski definition) is 2. The molecule has 22 heavy (non-hydrogen) atoms. The van der Waals surface area contributed by atoms with E-state index in [2.05, 4.69) is 31.1 Å². The molecule has 3 aromatic rings. The molecule has 0 unspecified atom stereocenters. The largest absolute Gasteiger partial charge is 0.393 e. The molecule has 0 radical (unpaired) electrons. The monoisotopic (exact) mass is 365 g/mol. The first-order chi connectivity index (χ1) is 10.4. The quantitative estimate of drug-likeness (QED) is 0.728. The van der Waals surface area contributed by atoms with Crippen LogP contribution in [-0.4, -0.2) is 26.3 Å². The van der Waals surface area contributed by atoms with Gasteiger partial charge in [0.15, 0.2) is 5.82 Å². The van der Waals surface area contributed by atoms with Gasteiger partial charge in [0.25, 0.3) is 5.89 Å². The molecule has 5 nitrogen and oxygen atoms in total. The average Bonchev–Trinajstić information content (AvgIpc) is 3.02. The zero-order valence-corrected chi connectivity index (χ0v) is 13.3. The third-order valence-corrected chi connectivity index (χ3v) is 4.88. The number of aromatic amines is 1. The first-order valence-electron chi connectivity index (χ1n) is 6.95. The summed E-state index contributed by atoms with van der Waals surface area (Å²) in [5.74, 6) is 0.632. The van der Waals surface area contributed by atoms with E-state index in [-0.39, 0.29) is 17.3 Å². The van der Waals surface area contributed by atoms with E-state index in [1.54, 1.807) is 0 Å². The van der Waals surface area contributed by atoms with Crippen LogP contribution >= 0.6 is 15.9 Å². The second kappa shape index (κ2) is 4.63. The average molecular weight is 366 g/mol. The number of benzene rings is 1. The van der Waals surface area contributed by atoms with E-state index in [0.717, 1.165) is 5.39 Å². The summed E-state index contributed by atoms with van der Waals surface area (Å²) < 4.78 is 19.4. The fraction of sp³-hybridized carbons (Fsp3) is 0.333. The van der Waals surface area contributed by atoms with E-state index in [1.165, 1.54) is 12.1 Å². The van der Waals surface area contributed by atoms with Gasteiger partial charge in [-0.05, 0) is 47.0 Å². The summed E-state index contributed by atoms with van der Waals surface area (Å²) in [7, 11) is 0. The van der Waals surface area contributed by atoms with Crippen LogP contribution < -0.4 is 0 Å². The fourth-order valence-corrected chi connectivity index (χ4v) is 3.56. The van der Waals surface area contributed by atoms with Crippen molar-refractivity contribution in [3.05, 3.63) is 34.3 Å². The minimum absolute atomic E-state index is 0.236. The minimum atomic E-state index is -0.324. The van der Waals surface area contributed by atoms with E-state index in [0.29, 0.717) is 40.2 Å². The molecule has 0 spiro atoms. The zero-order valence-electron chi connectivity index (χ0n) is 11.7. The Morgan fingerprint density at radius 1 is 1.41 bits per heavy atom. The fourth-order valence-electron chi connectivity index (χ4n) is 3.02. The number of fused-ring (bicyclic) bond motifs is 1. The Bertz CT molecular complexity index is 867. The molecule has 2 N–H and O–H groups in total. The van der Waals surface area contributed by atoms with Crippen LogP contribution in [0.2, 0.25) is 0 Å². The number of rotatable bonds is 2. The Kier molecular flexibility index (Phi) is 2.93. The molecular weight excluding hydrogens is 353 g/mol. The van der Waals surface area contributed by atoms with Gasteiger partial charge in [-0.3, -0.25) is 0 Å². The third kappa shape index (κ3) is 2.07. The van der Waals surface area contributed by atoms with Crippen LogP contribution in [0.15, 0.2) is 27.2 Å². The predicted octanol–water partition coefficient (Wildman–Crippen LogP) is 3.53. The van der Waals surface area contributed by atoms with Gasteiger partial charge < -0.3 is 14.6 Å². The molecule has 0 bridgehead atoms. The van der Waals surface area contributed by atoms with Crippen molar-refractivity contribution in [3.63, 3.8) is 0 Å². The van der Waals surface area contributed by atoms with Crippen molar-refractivity contribution in [1.82, 2.24) is 15.1 Å². The number of nitrogens with one attached hydrogen (secondary N) is 1. The van der Waals surface area contributed by atoms with Gasteiger partial charge in [0, 0.05) is 15.3 Å². The van der Waals surface area contributed by atoms with Crippen molar-refractivity contribution in [2.24, 2.45) is 0 Å². The molecule has 2 aromatic heterocycles. The van der Waals surface area contributed by atoms with Crippen molar-refractivity contribution < 1.29 is 14.0 Å². The molecule has 0 amide bonds. The van der Waals surface area contributed by atoms with Crippen LogP contribution in [0.3, 0.4) is 0 Å². The number of halogens is 2. The summed E-state index contributed by atoms with van der Waals surface area (Å²) >= 11 is 3.34. The van der Waals surface area contributed by atoms with Gasteiger partial charge in [-0.1, -0.05) is 12.1 Å². The molecule has 114 valence electrons. The highest BCUT2D eigenvalue weighted by molar-refractivity contribution is 9.10. The summed E-state index contributed by atoms with van der Waals surface area (Å²) in [6.45, 7) is 2.01. The summed E-state index contributed by atoms with van der Waals surface area (Å²) in [6, 6.07) is 4.68. The summed E-state index contributed by atoms with van der Waals surface area (Å²) in [6.07, 6.45) is 0.976. The highest BCUT2D eigenvalue weighted by Gasteiger charge is 2.44. The van der Waals surface area contributed by atoms with Crippen LogP contribution in [0.1, 0.15) is 25.6 Å². The predicted molar refractivity (Wildman–Crippen MR) is 81.8 cm³/mol. The maximum Gasteiger partial charge on any atom is 0.274 e. The third-order valence-electron chi connectivity index (χ3n) is 4.22. The molecule has 0 saturated heterocycles. The Morgan fingerprint density at radius 3 is 2.91 bits per heavy atom. The molecule has 1 fully saturated rings. The summed E-state index contributed by atoms with van der Waals surface area (Å²) in [4.78, 5) is 7.51. The van der Waals surface area contributed by atoms with Gasteiger partial charge in [0.2, 0.25) is 0 Å². The van der Waals surface area contributed by atoms with Crippen molar-refractivity contribution in [1.29, 1.82) is 0 Å². The lowest BCUT2D eigenvalue weighted by molar-refractivity contribution is 0.0220. The Hall–Kier alpha value is -1.73. The molecule has 2 heterocycles. The van der Waals surface area contributed by atoms with E-state index >= 15 is 0 Å². The smallest absolute Gasteiger partial charge is 0.274 e.